The van der Waals surface area contributed by atoms with E-state index in [4.69, 9.17) is 5.11 Å². The quantitative estimate of drug-likeness (QED) is 0.428. The molecule has 1 atom stereocenters. The lowest BCUT2D eigenvalue weighted by atomic mass is 10.0. The number of aliphatic hydroxyl groups is 1. The van der Waals surface area contributed by atoms with Crippen molar-refractivity contribution in [1.82, 2.24) is 0 Å². The van der Waals surface area contributed by atoms with Gasteiger partial charge in [0.25, 0.3) is 0 Å². The Morgan fingerprint density at radius 3 is 1.39 bits per heavy atom. The Kier molecular flexibility index (Phi) is 13.4. The first-order valence-corrected chi connectivity index (χ1v) is 8.27. The summed E-state index contributed by atoms with van der Waals surface area (Å²) in [7, 11) is 0. The van der Waals surface area contributed by atoms with Crippen molar-refractivity contribution in [1.29, 1.82) is 0 Å². The minimum absolute atomic E-state index is 0.358. The first-order chi connectivity index (χ1) is 8.66. The highest BCUT2D eigenvalue weighted by molar-refractivity contribution is 4.52. The van der Waals surface area contributed by atoms with Gasteiger partial charge in [-0.05, 0) is 18.3 Å². The van der Waals surface area contributed by atoms with Crippen molar-refractivity contribution >= 4 is 0 Å². The molecule has 0 fully saturated rings. The van der Waals surface area contributed by atoms with Gasteiger partial charge < -0.3 is 5.11 Å². The van der Waals surface area contributed by atoms with Crippen LogP contribution >= 0.6 is 0 Å². The smallest absolute Gasteiger partial charge is 0.0456 e. The van der Waals surface area contributed by atoms with Crippen LogP contribution in [0.3, 0.4) is 0 Å². The van der Waals surface area contributed by atoms with Crippen molar-refractivity contribution in [2.24, 2.45) is 11.8 Å². The molecular weight excluding hydrogens is 220 g/mol. The van der Waals surface area contributed by atoms with Gasteiger partial charge in [-0.25, -0.2) is 0 Å². The molecule has 0 aromatic carbocycles. The summed E-state index contributed by atoms with van der Waals surface area (Å²) < 4.78 is 0. The molecule has 18 heavy (non-hydrogen) atoms. The zero-order chi connectivity index (χ0) is 13.6. The van der Waals surface area contributed by atoms with Gasteiger partial charge in [0.2, 0.25) is 0 Å². The highest BCUT2D eigenvalue weighted by Gasteiger charge is 1.99. The van der Waals surface area contributed by atoms with Crippen LogP contribution in [0, 0.1) is 11.8 Å². The number of hydrogen-bond acceptors (Lipinski definition) is 1. The van der Waals surface area contributed by atoms with Crippen LogP contribution in [0.2, 0.25) is 0 Å². The number of rotatable bonds is 13. The van der Waals surface area contributed by atoms with Crippen molar-refractivity contribution in [2.75, 3.05) is 6.61 Å². The summed E-state index contributed by atoms with van der Waals surface area (Å²) in [4.78, 5) is 0. The van der Waals surface area contributed by atoms with E-state index in [2.05, 4.69) is 20.8 Å². The summed E-state index contributed by atoms with van der Waals surface area (Å²) in [6.07, 6.45) is 15.2. The van der Waals surface area contributed by atoms with Crippen LogP contribution in [0.1, 0.15) is 91.4 Å². The second-order valence-corrected chi connectivity index (χ2v) is 6.44. The van der Waals surface area contributed by atoms with Gasteiger partial charge in [0.15, 0.2) is 0 Å². The molecule has 0 aromatic heterocycles. The van der Waals surface area contributed by atoms with Gasteiger partial charge in [0.05, 0.1) is 0 Å². The molecule has 110 valence electrons. The Morgan fingerprint density at radius 1 is 0.611 bits per heavy atom. The summed E-state index contributed by atoms with van der Waals surface area (Å²) in [5.74, 6) is 1.39. The largest absolute Gasteiger partial charge is 0.396 e. The monoisotopic (exact) mass is 256 g/mol. The number of aliphatic hydroxyl groups excluding tert-OH is 1. The van der Waals surface area contributed by atoms with Crippen molar-refractivity contribution in [3.05, 3.63) is 0 Å². The molecule has 0 rings (SSSR count). The lowest BCUT2D eigenvalue weighted by Crippen LogP contribution is -1.99. The second kappa shape index (κ2) is 13.4. The standard InChI is InChI=1S/C17H36O/c1-16(2)13-11-9-7-5-4-6-8-10-12-14-17(3)15-18/h16-18H,4-15H2,1-3H3/t17-/m1/s1. The van der Waals surface area contributed by atoms with Crippen LogP contribution in [-0.2, 0) is 0 Å². The normalized spacial score (nSPS) is 13.2. The average Bonchev–Trinajstić information content (AvgIpc) is 2.35. The van der Waals surface area contributed by atoms with Crippen molar-refractivity contribution in [2.45, 2.75) is 91.4 Å². The second-order valence-electron chi connectivity index (χ2n) is 6.44. The summed E-state index contributed by atoms with van der Waals surface area (Å²) in [5.41, 5.74) is 0. The van der Waals surface area contributed by atoms with Crippen molar-refractivity contribution in [3.63, 3.8) is 0 Å². The van der Waals surface area contributed by atoms with E-state index < -0.39 is 0 Å². The van der Waals surface area contributed by atoms with E-state index in [0.29, 0.717) is 12.5 Å². The summed E-state index contributed by atoms with van der Waals surface area (Å²) >= 11 is 0. The Bertz CT molecular complexity index is 154. The van der Waals surface area contributed by atoms with E-state index in [9.17, 15) is 0 Å². The number of unbranched alkanes of at least 4 members (excludes halogenated alkanes) is 8. The average molecular weight is 256 g/mol. The SMILES string of the molecule is CC(C)CCCCCCCCCCC[C@@H](C)CO. The maximum absolute atomic E-state index is 8.91. The van der Waals surface area contributed by atoms with Gasteiger partial charge in [-0.2, -0.15) is 0 Å². The molecule has 0 aliphatic carbocycles. The van der Waals surface area contributed by atoms with Crippen molar-refractivity contribution in [3.8, 4) is 0 Å². The zero-order valence-corrected chi connectivity index (χ0v) is 13.1. The van der Waals surface area contributed by atoms with Gasteiger partial charge >= 0.3 is 0 Å². The molecule has 0 unspecified atom stereocenters. The molecule has 1 heteroatoms. The highest BCUT2D eigenvalue weighted by atomic mass is 16.3. The fourth-order valence-electron chi connectivity index (χ4n) is 2.37. The highest BCUT2D eigenvalue weighted by Crippen LogP contribution is 2.14. The molecule has 0 saturated carbocycles. The molecule has 0 aliphatic heterocycles. The predicted octanol–water partition coefficient (Wildman–Crippen LogP) is 5.56. The molecule has 0 aliphatic rings. The number of hydrogen-bond donors (Lipinski definition) is 1. The first-order valence-electron chi connectivity index (χ1n) is 8.27. The minimum Gasteiger partial charge on any atom is -0.396 e. The van der Waals surface area contributed by atoms with E-state index >= 15 is 0 Å². The Balaban J connectivity index is 2.99. The predicted molar refractivity (Wildman–Crippen MR) is 81.9 cm³/mol. The maximum atomic E-state index is 8.91. The molecule has 1 N–H and O–H groups in total. The third kappa shape index (κ3) is 14.0. The van der Waals surface area contributed by atoms with Gasteiger partial charge in [-0.1, -0.05) is 85.0 Å². The third-order valence-electron chi connectivity index (χ3n) is 3.79. The first kappa shape index (κ1) is 18.0. The van der Waals surface area contributed by atoms with Crippen LogP contribution in [0.25, 0.3) is 0 Å². The lowest BCUT2D eigenvalue weighted by molar-refractivity contribution is 0.227. The molecule has 0 amide bonds. The van der Waals surface area contributed by atoms with E-state index in [0.717, 1.165) is 5.92 Å². The fraction of sp³-hybridized carbons (Fsp3) is 1.00. The molecule has 0 saturated heterocycles. The van der Waals surface area contributed by atoms with E-state index in [1.54, 1.807) is 0 Å². The molecule has 0 spiro atoms. The molecule has 0 radical (unpaired) electrons. The molecule has 0 aromatic rings. The lowest BCUT2D eigenvalue weighted by Gasteiger charge is -2.07. The van der Waals surface area contributed by atoms with Crippen LogP contribution in [0.4, 0.5) is 0 Å². The zero-order valence-electron chi connectivity index (χ0n) is 13.1. The van der Waals surface area contributed by atoms with Crippen LogP contribution in [0.5, 0.6) is 0 Å². The van der Waals surface area contributed by atoms with Crippen LogP contribution in [-0.4, -0.2) is 11.7 Å². The molecule has 0 bridgehead atoms. The maximum Gasteiger partial charge on any atom is 0.0456 e. The summed E-state index contributed by atoms with van der Waals surface area (Å²) in [5, 5.41) is 8.91. The van der Waals surface area contributed by atoms with Crippen molar-refractivity contribution < 1.29 is 5.11 Å². The van der Waals surface area contributed by atoms with E-state index in [1.165, 1.54) is 70.6 Å². The Hall–Kier alpha value is -0.0400. The summed E-state index contributed by atoms with van der Waals surface area (Å²) in [6, 6.07) is 0. The Labute approximate surface area is 115 Å². The Morgan fingerprint density at radius 2 is 1.00 bits per heavy atom. The summed E-state index contributed by atoms with van der Waals surface area (Å²) in [6.45, 7) is 7.13. The van der Waals surface area contributed by atoms with Crippen LogP contribution < -0.4 is 0 Å². The van der Waals surface area contributed by atoms with Gasteiger partial charge in [0, 0.05) is 6.61 Å². The van der Waals surface area contributed by atoms with Crippen LogP contribution in [0.15, 0.2) is 0 Å². The topological polar surface area (TPSA) is 20.2 Å². The van der Waals surface area contributed by atoms with E-state index in [1.807, 2.05) is 0 Å². The van der Waals surface area contributed by atoms with E-state index in [-0.39, 0.29) is 0 Å². The van der Waals surface area contributed by atoms with Gasteiger partial charge in [-0.3, -0.25) is 0 Å². The molecule has 1 nitrogen and oxygen atoms in total. The molecular formula is C17H36O. The van der Waals surface area contributed by atoms with Gasteiger partial charge in [-0.15, -0.1) is 0 Å². The molecule has 0 heterocycles. The fourth-order valence-corrected chi connectivity index (χ4v) is 2.37. The third-order valence-corrected chi connectivity index (χ3v) is 3.79. The van der Waals surface area contributed by atoms with Gasteiger partial charge in [0.1, 0.15) is 0 Å². The minimum atomic E-state index is 0.358.